The third kappa shape index (κ3) is 2.51. The predicted octanol–water partition coefficient (Wildman–Crippen LogP) is 1.05. The number of likely N-dealkylation sites (tertiary alicyclic amines) is 1. The Labute approximate surface area is 95.9 Å². The van der Waals surface area contributed by atoms with E-state index in [2.05, 4.69) is 9.88 Å². The number of nitrogens with zero attached hydrogens (tertiary/aromatic N) is 2. The minimum Gasteiger partial charge on any atom is -0.481 e. The van der Waals surface area contributed by atoms with Gasteiger partial charge in [-0.2, -0.15) is 0 Å². The lowest BCUT2D eigenvalue weighted by atomic mass is 10.2. The van der Waals surface area contributed by atoms with Crippen LogP contribution in [0.4, 0.5) is 0 Å². The normalized spacial score (nSPS) is 21.2. The molecule has 0 amide bonds. The number of ether oxygens (including phenoxy) is 1. The number of aliphatic hydroxyl groups excluding tert-OH is 1. The molecule has 1 aliphatic heterocycles. The Morgan fingerprint density at radius 2 is 2.44 bits per heavy atom. The molecule has 0 aromatic carbocycles. The molecule has 16 heavy (non-hydrogen) atoms. The lowest BCUT2D eigenvalue weighted by Gasteiger charge is -2.22. The second-order valence-corrected chi connectivity index (χ2v) is 4.12. The van der Waals surface area contributed by atoms with Crippen molar-refractivity contribution in [1.29, 1.82) is 0 Å². The van der Waals surface area contributed by atoms with Crippen molar-refractivity contribution in [2.24, 2.45) is 0 Å². The molecule has 2 heterocycles. The zero-order valence-corrected chi connectivity index (χ0v) is 9.59. The van der Waals surface area contributed by atoms with Gasteiger partial charge in [-0.1, -0.05) is 6.07 Å². The van der Waals surface area contributed by atoms with E-state index in [1.54, 1.807) is 7.11 Å². The van der Waals surface area contributed by atoms with Crippen LogP contribution in [0.2, 0.25) is 0 Å². The molecule has 0 bridgehead atoms. The lowest BCUT2D eigenvalue weighted by Crippen LogP contribution is -2.31. The van der Waals surface area contributed by atoms with Crippen molar-refractivity contribution in [3.05, 3.63) is 23.9 Å². The zero-order valence-electron chi connectivity index (χ0n) is 9.59. The monoisotopic (exact) mass is 222 g/mol. The van der Waals surface area contributed by atoms with Crippen molar-refractivity contribution in [1.82, 2.24) is 9.88 Å². The molecule has 88 valence electrons. The van der Waals surface area contributed by atoms with Crippen LogP contribution in [-0.2, 0) is 6.54 Å². The van der Waals surface area contributed by atoms with Crippen LogP contribution < -0.4 is 4.74 Å². The van der Waals surface area contributed by atoms with E-state index in [-0.39, 0.29) is 6.61 Å². The van der Waals surface area contributed by atoms with Gasteiger partial charge in [-0.3, -0.25) is 4.90 Å². The molecule has 1 saturated heterocycles. The van der Waals surface area contributed by atoms with Crippen molar-refractivity contribution < 1.29 is 9.84 Å². The first kappa shape index (κ1) is 11.4. The molecule has 1 fully saturated rings. The maximum atomic E-state index is 9.23. The standard InChI is InChI=1S/C12H18N2O2/c1-16-12-6-2-4-10(13-12)8-14-7-3-5-11(14)9-15/h2,4,6,11,15H,3,5,7-9H2,1H3/t11-/m1/s1. The van der Waals surface area contributed by atoms with E-state index < -0.39 is 0 Å². The summed E-state index contributed by atoms with van der Waals surface area (Å²) in [5.41, 5.74) is 1.000. The van der Waals surface area contributed by atoms with Crippen LogP contribution in [-0.4, -0.2) is 41.3 Å². The maximum Gasteiger partial charge on any atom is 0.213 e. The van der Waals surface area contributed by atoms with Crippen molar-refractivity contribution in [2.45, 2.75) is 25.4 Å². The molecule has 0 unspecified atom stereocenters. The number of rotatable bonds is 4. The zero-order chi connectivity index (χ0) is 11.4. The van der Waals surface area contributed by atoms with Crippen LogP contribution in [0, 0.1) is 0 Å². The van der Waals surface area contributed by atoms with Gasteiger partial charge in [0.1, 0.15) is 0 Å². The summed E-state index contributed by atoms with van der Waals surface area (Å²) in [6.45, 7) is 2.08. The number of methoxy groups -OCH3 is 1. The van der Waals surface area contributed by atoms with Crippen LogP contribution in [0.5, 0.6) is 5.88 Å². The van der Waals surface area contributed by atoms with Gasteiger partial charge in [0.25, 0.3) is 0 Å². The molecule has 1 aromatic heterocycles. The van der Waals surface area contributed by atoms with Gasteiger partial charge in [0.15, 0.2) is 0 Å². The fourth-order valence-corrected chi connectivity index (χ4v) is 2.18. The van der Waals surface area contributed by atoms with Gasteiger partial charge in [0.05, 0.1) is 19.4 Å². The largest absolute Gasteiger partial charge is 0.481 e. The van der Waals surface area contributed by atoms with Gasteiger partial charge in [-0.15, -0.1) is 0 Å². The van der Waals surface area contributed by atoms with Crippen molar-refractivity contribution in [3.63, 3.8) is 0 Å². The number of aromatic nitrogens is 1. The summed E-state index contributed by atoms with van der Waals surface area (Å²) >= 11 is 0. The molecular formula is C12H18N2O2. The number of aliphatic hydroxyl groups is 1. The fourth-order valence-electron chi connectivity index (χ4n) is 2.18. The molecule has 4 heteroatoms. The van der Waals surface area contributed by atoms with E-state index in [1.165, 1.54) is 0 Å². The molecule has 1 aliphatic rings. The topological polar surface area (TPSA) is 45.6 Å². The Bertz CT molecular complexity index is 344. The van der Waals surface area contributed by atoms with E-state index in [0.29, 0.717) is 11.9 Å². The van der Waals surface area contributed by atoms with Gasteiger partial charge in [0, 0.05) is 18.7 Å². The van der Waals surface area contributed by atoms with Gasteiger partial charge in [0.2, 0.25) is 5.88 Å². The summed E-state index contributed by atoms with van der Waals surface area (Å²) in [4.78, 5) is 6.66. The third-order valence-corrected chi connectivity index (χ3v) is 3.07. The molecule has 0 aliphatic carbocycles. The average molecular weight is 222 g/mol. The fraction of sp³-hybridized carbons (Fsp3) is 0.583. The molecule has 0 saturated carbocycles. The highest BCUT2D eigenvalue weighted by Gasteiger charge is 2.23. The smallest absolute Gasteiger partial charge is 0.213 e. The predicted molar refractivity (Wildman–Crippen MR) is 61.3 cm³/mol. The van der Waals surface area contributed by atoms with Crippen molar-refractivity contribution >= 4 is 0 Å². The summed E-state index contributed by atoms with van der Waals surface area (Å²) < 4.78 is 5.09. The minimum absolute atomic E-state index is 0.240. The van der Waals surface area contributed by atoms with Crippen LogP contribution in [0.15, 0.2) is 18.2 Å². The summed E-state index contributed by atoms with van der Waals surface area (Å²) in [6, 6.07) is 6.09. The number of hydrogen-bond acceptors (Lipinski definition) is 4. The van der Waals surface area contributed by atoms with Gasteiger partial charge in [-0.05, 0) is 25.5 Å². The first-order chi connectivity index (χ1) is 7.83. The van der Waals surface area contributed by atoms with Crippen LogP contribution in [0.1, 0.15) is 18.5 Å². The van der Waals surface area contributed by atoms with E-state index in [9.17, 15) is 5.11 Å². The van der Waals surface area contributed by atoms with Gasteiger partial charge in [-0.25, -0.2) is 4.98 Å². The first-order valence-electron chi connectivity index (χ1n) is 5.68. The third-order valence-electron chi connectivity index (χ3n) is 3.07. The van der Waals surface area contributed by atoms with E-state index >= 15 is 0 Å². The molecule has 4 nitrogen and oxygen atoms in total. The van der Waals surface area contributed by atoms with Crippen molar-refractivity contribution in [3.8, 4) is 5.88 Å². The Kier molecular flexibility index (Phi) is 3.74. The number of pyridine rings is 1. The second-order valence-electron chi connectivity index (χ2n) is 4.12. The molecule has 0 radical (unpaired) electrons. The van der Waals surface area contributed by atoms with Crippen LogP contribution >= 0.6 is 0 Å². The quantitative estimate of drug-likeness (QED) is 0.827. The van der Waals surface area contributed by atoms with Gasteiger partial charge < -0.3 is 9.84 Å². The summed E-state index contributed by atoms with van der Waals surface area (Å²) in [6.07, 6.45) is 2.25. The molecular weight excluding hydrogens is 204 g/mol. The Hall–Kier alpha value is -1.13. The van der Waals surface area contributed by atoms with E-state index in [4.69, 9.17) is 4.74 Å². The van der Waals surface area contributed by atoms with Crippen molar-refractivity contribution in [2.75, 3.05) is 20.3 Å². The van der Waals surface area contributed by atoms with Gasteiger partial charge >= 0.3 is 0 Å². The molecule has 2 rings (SSSR count). The van der Waals surface area contributed by atoms with Crippen LogP contribution in [0.3, 0.4) is 0 Å². The average Bonchev–Trinajstić information content (AvgIpc) is 2.76. The SMILES string of the molecule is COc1cccc(CN2CCC[C@@H]2CO)n1. The van der Waals surface area contributed by atoms with E-state index in [0.717, 1.165) is 31.6 Å². The molecule has 1 aromatic rings. The second kappa shape index (κ2) is 5.27. The van der Waals surface area contributed by atoms with Crippen LogP contribution in [0.25, 0.3) is 0 Å². The highest BCUT2D eigenvalue weighted by atomic mass is 16.5. The first-order valence-corrected chi connectivity index (χ1v) is 5.68. The summed E-state index contributed by atoms with van der Waals surface area (Å²) in [7, 11) is 1.62. The maximum absolute atomic E-state index is 9.23. The Balaban J connectivity index is 2.02. The Morgan fingerprint density at radius 1 is 1.56 bits per heavy atom. The van der Waals surface area contributed by atoms with E-state index in [1.807, 2.05) is 18.2 Å². The Morgan fingerprint density at radius 3 is 3.19 bits per heavy atom. The molecule has 1 N–H and O–H groups in total. The number of hydrogen-bond donors (Lipinski definition) is 1. The highest BCUT2D eigenvalue weighted by Crippen LogP contribution is 2.19. The summed E-state index contributed by atoms with van der Waals surface area (Å²) in [5.74, 6) is 0.650. The minimum atomic E-state index is 0.240. The molecule has 1 atom stereocenters. The lowest BCUT2D eigenvalue weighted by molar-refractivity contribution is 0.152. The summed E-state index contributed by atoms with van der Waals surface area (Å²) in [5, 5.41) is 9.23. The highest BCUT2D eigenvalue weighted by molar-refractivity contribution is 5.15. The molecule has 0 spiro atoms.